The van der Waals surface area contributed by atoms with Crippen LogP contribution in [0.5, 0.6) is 17.2 Å². The van der Waals surface area contributed by atoms with Gasteiger partial charge in [0.25, 0.3) is 5.91 Å². The van der Waals surface area contributed by atoms with Crippen LogP contribution < -0.4 is 19.5 Å². The van der Waals surface area contributed by atoms with Gasteiger partial charge < -0.3 is 28.7 Å². The molecule has 35 heavy (non-hydrogen) atoms. The number of ether oxygens (including phenoxy) is 4. The lowest BCUT2D eigenvalue weighted by molar-refractivity contribution is -0.115. The Morgan fingerprint density at radius 3 is 2.54 bits per heavy atom. The van der Waals surface area contributed by atoms with Gasteiger partial charge in [0.15, 0.2) is 16.7 Å². The van der Waals surface area contributed by atoms with E-state index in [-0.39, 0.29) is 18.3 Å². The van der Waals surface area contributed by atoms with Crippen molar-refractivity contribution in [1.82, 2.24) is 5.32 Å². The molecule has 2 aromatic carbocycles. The molecule has 0 aliphatic carbocycles. The second-order valence-electron chi connectivity index (χ2n) is 7.14. The number of rotatable bonds is 8. The van der Waals surface area contributed by atoms with E-state index in [1.807, 2.05) is 12.1 Å². The number of hydrogen-bond acceptors (Lipinski definition) is 9. The van der Waals surface area contributed by atoms with Crippen LogP contribution in [-0.4, -0.2) is 38.4 Å². The SMILES string of the molecule is COC(=O)c1ccc(COc2ccc(C=C3SC(=Nc4ccc(OC)cc4)NC3=O)cc2OC)o1. The summed E-state index contributed by atoms with van der Waals surface area (Å²) in [6.45, 7) is 0.0945. The number of nitrogens with zero attached hydrogens (tertiary/aromatic N) is 1. The van der Waals surface area contributed by atoms with Crippen molar-refractivity contribution in [2.24, 2.45) is 4.99 Å². The summed E-state index contributed by atoms with van der Waals surface area (Å²) in [7, 11) is 4.41. The number of benzene rings is 2. The van der Waals surface area contributed by atoms with Crippen molar-refractivity contribution in [3.63, 3.8) is 0 Å². The van der Waals surface area contributed by atoms with E-state index in [1.165, 1.54) is 32.0 Å². The number of hydrogen-bond donors (Lipinski definition) is 1. The minimum absolute atomic E-state index is 0.0945. The minimum Gasteiger partial charge on any atom is -0.497 e. The fraction of sp³-hybridized carbons (Fsp3) is 0.160. The molecule has 9 nitrogen and oxygen atoms in total. The summed E-state index contributed by atoms with van der Waals surface area (Å²) < 4.78 is 26.4. The van der Waals surface area contributed by atoms with E-state index in [2.05, 4.69) is 15.0 Å². The zero-order valence-electron chi connectivity index (χ0n) is 19.2. The largest absolute Gasteiger partial charge is 0.497 e. The van der Waals surface area contributed by atoms with Gasteiger partial charge in [-0.25, -0.2) is 9.79 Å². The minimum atomic E-state index is -0.558. The fourth-order valence-corrected chi connectivity index (χ4v) is 3.96. The lowest BCUT2D eigenvalue weighted by Gasteiger charge is -2.10. The quantitative estimate of drug-likeness (QED) is 0.359. The maximum atomic E-state index is 12.4. The van der Waals surface area contributed by atoms with Crippen LogP contribution in [0.3, 0.4) is 0 Å². The van der Waals surface area contributed by atoms with Crippen molar-refractivity contribution in [3.8, 4) is 17.2 Å². The summed E-state index contributed by atoms with van der Waals surface area (Å²) in [5.41, 5.74) is 1.46. The molecule has 0 bridgehead atoms. The first-order chi connectivity index (χ1) is 17.0. The van der Waals surface area contributed by atoms with Gasteiger partial charge >= 0.3 is 5.97 Å². The highest BCUT2D eigenvalue weighted by atomic mass is 32.2. The number of aliphatic imine (C=N–C) groups is 1. The molecule has 4 rings (SSSR count). The first kappa shape index (κ1) is 24.0. The Hall–Kier alpha value is -4.18. The number of furan rings is 1. The molecule has 2 heterocycles. The third-order valence-electron chi connectivity index (χ3n) is 4.86. The Bertz CT molecular complexity index is 1300. The molecule has 10 heteroatoms. The first-order valence-electron chi connectivity index (χ1n) is 10.4. The monoisotopic (exact) mass is 494 g/mol. The van der Waals surface area contributed by atoms with Crippen LogP contribution in [0, 0.1) is 0 Å². The molecular weight excluding hydrogens is 472 g/mol. The lowest BCUT2D eigenvalue weighted by Crippen LogP contribution is -2.19. The molecule has 3 aromatic rings. The van der Waals surface area contributed by atoms with Gasteiger partial charge in [-0.15, -0.1) is 0 Å². The molecular formula is C25H22N2O7S. The topological polar surface area (TPSA) is 109 Å². The van der Waals surface area contributed by atoms with Gasteiger partial charge in [-0.05, 0) is 71.9 Å². The molecule has 180 valence electrons. The molecule has 1 N–H and O–H groups in total. The fourth-order valence-electron chi connectivity index (χ4n) is 3.11. The number of nitrogens with one attached hydrogen (secondary N) is 1. The molecule has 0 atom stereocenters. The molecule has 1 aliphatic rings. The molecule has 0 saturated carbocycles. The number of amides is 1. The molecule has 0 radical (unpaired) electrons. The standard InChI is InChI=1S/C25H22N2O7S/c1-30-17-7-5-16(6-8-17)26-25-27-23(28)22(35-25)13-15-4-10-19(21(12-15)31-2)33-14-18-9-11-20(34-18)24(29)32-3/h4-13H,14H2,1-3H3,(H,26,27,28). The Morgan fingerprint density at radius 1 is 1.03 bits per heavy atom. The Kier molecular flexibility index (Phi) is 7.41. The maximum Gasteiger partial charge on any atom is 0.373 e. The Morgan fingerprint density at radius 2 is 1.83 bits per heavy atom. The summed E-state index contributed by atoms with van der Waals surface area (Å²) in [4.78, 5) is 28.9. The van der Waals surface area contributed by atoms with E-state index in [9.17, 15) is 9.59 Å². The van der Waals surface area contributed by atoms with Gasteiger partial charge in [-0.2, -0.15) is 0 Å². The molecule has 1 saturated heterocycles. The molecule has 1 aliphatic heterocycles. The van der Waals surface area contributed by atoms with Crippen LogP contribution >= 0.6 is 11.8 Å². The maximum absolute atomic E-state index is 12.4. The van der Waals surface area contributed by atoms with E-state index in [4.69, 9.17) is 18.6 Å². The Labute approximate surface area is 205 Å². The van der Waals surface area contributed by atoms with Crippen LogP contribution in [0.15, 0.2) is 68.9 Å². The zero-order valence-corrected chi connectivity index (χ0v) is 20.0. The Balaban J connectivity index is 1.44. The summed E-state index contributed by atoms with van der Waals surface area (Å²) in [5, 5.41) is 3.26. The first-order valence-corrected chi connectivity index (χ1v) is 11.2. The molecule has 1 aromatic heterocycles. The van der Waals surface area contributed by atoms with Gasteiger partial charge in [-0.3, -0.25) is 4.79 Å². The second kappa shape index (κ2) is 10.8. The second-order valence-corrected chi connectivity index (χ2v) is 8.17. The van der Waals surface area contributed by atoms with Crippen molar-refractivity contribution < 1.29 is 33.0 Å². The normalized spacial score (nSPS) is 15.2. The number of methoxy groups -OCH3 is 3. The van der Waals surface area contributed by atoms with Crippen molar-refractivity contribution in [2.75, 3.05) is 21.3 Å². The van der Waals surface area contributed by atoms with Crippen LogP contribution in [0.2, 0.25) is 0 Å². The van der Waals surface area contributed by atoms with E-state index in [0.717, 1.165) is 11.3 Å². The molecule has 1 fully saturated rings. The lowest BCUT2D eigenvalue weighted by atomic mass is 10.2. The van der Waals surface area contributed by atoms with Crippen molar-refractivity contribution in [1.29, 1.82) is 0 Å². The van der Waals surface area contributed by atoms with E-state index in [1.54, 1.807) is 49.6 Å². The van der Waals surface area contributed by atoms with Gasteiger partial charge in [0, 0.05) is 0 Å². The van der Waals surface area contributed by atoms with Crippen molar-refractivity contribution >= 4 is 40.6 Å². The smallest absolute Gasteiger partial charge is 0.373 e. The highest BCUT2D eigenvalue weighted by Crippen LogP contribution is 2.33. The van der Waals surface area contributed by atoms with E-state index < -0.39 is 5.97 Å². The predicted octanol–water partition coefficient (Wildman–Crippen LogP) is 4.55. The highest BCUT2D eigenvalue weighted by molar-refractivity contribution is 8.18. The van der Waals surface area contributed by atoms with Gasteiger partial charge in [0.05, 0.1) is 31.9 Å². The van der Waals surface area contributed by atoms with Crippen LogP contribution in [0.1, 0.15) is 21.9 Å². The average Bonchev–Trinajstić information content (AvgIpc) is 3.49. The van der Waals surface area contributed by atoms with Gasteiger partial charge in [0.2, 0.25) is 5.76 Å². The summed E-state index contributed by atoms with van der Waals surface area (Å²) >= 11 is 1.25. The number of thioether (sulfide) groups is 1. The number of carbonyl (C=O) groups is 2. The van der Waals surface area contributed by atoms with Crippen LogP contribution in [0.4, 0.5) is 5.69 Å². The summed E-state index contributed by atoms with van der Waals surface area (Å²) in [6.07, 6.45) is 1.75. The highest BCUT2D eigenvalue weighted by Gasteiger charge is 2.24. The molecule has 1 amide bonds. The van der Waals surface area contributed by atoms with Crippen molar-refractivity contribution in [2.45, 2.75) is 6.61 Å². The number of amidine groups is 1. The van der Waals surface area contributed by atoms with Crippen LogP contribution in [-0.2, 0) is 16.1 Å². The molecule has 0 unspecified atom stereocenters. The average molecular weight is 495 g/mol. The van der Waals surface area contributed by atoms with Gasteiger partial charge in [0.1, 0.15) is 18.1 Å². The number of esters is 1. The summed E-state index contributed by atoms with van der Waals surface area (Å²) in [5.74, 6) is 1.46. The van der Waals surface area contributed by atoms with Gasteiger partial charge in [-0.1, -0.05) is 6.07 Å². The third-order valence-corrected chi connectivity index (χ3v) is 5.77. The van der Waals surface area contributed by atoms with E-state index in [0.29, 0.717) is 33.0 Å². The van der Waals surface area contributed by atoms with E-state index >= 15 is 0 Å². The third kappa shape index (κ3) is 5.85. The molecule has 0 spiro atoms. The predicted molar refractivity (Wildman–Crippen MR) is 131 cm³/mol. The van der Waals surface area contributed by atoms with Crippen molar-refractivity contribution in [3.05, 3.63) is 76.6 Å². The van der Waals surface area contributed by atoms with Crippen LogP contribution in [0.25, 0.3) is 6.08 Å². The number of carbonyl (C=O) groups excluding carboxylic acids is 2. The zero-order chi connectivity index (χ0) is 24.8. The summed E-state index contributed by atoms with van der Waals surface area (Å²) in [6, 6.07) is 15.7.